The largest absolute Gasteiger partial charge is 0.425 e. The van der Waals surface area contributed by atoms with E-state index in [1.165, 1.54) is 11.1 Å². The van der Waals surface area contributed by atoms with Crippen LogP contribution in [0.3, 0.4) is 0 Å². The number of esters is 1. The fraction of sp³-hybridized carbons (Fsp3) is 0.462. The maximum Gasteiger partial charge on any atom is 0.314 e. The number of nitrogens with zero attached hydrogens (tertiary/aromatic N) is 1. The first-order chi connectivity index (χ1) is 14.1. The van der Waals surface area contributed by atoms with Gasteiger partial charge in [-0.15, -0.1) is 0 Å². The Kier molecular flexibility index (Phi) is 7.47. The lowest BCUT2D eigenvalue weighted by Gasteiger charge is -2.27. The molecule has 0 amide bonds. The Labute approximate surface area is 174 Å². The summed E-state index contributed by atoms with van der Waals surface area (Å²) >= 11 is 0. The van der Waals surface area contributed by atoms with Crippen molar-refractivity contribution in [2.24, 2.45) is 5.92 Å². The summed E-state index contributed by atoms with van der Waals surface area (Å²) in [5.74, 6) is 0.655. The van der Waals surface area contributed by atoms with Gasteiger partial charge in [-0.05, 0) is 79.7 Å². The van der Waals surface area contributed by atoms with Gasteiger partial charge in [-0.2, -0.15) is 5.26 Å². The molecule has 3 heteroatoms. The molecule has 0 spiro atoms. The van der Waals surface area contributed by atoms with Crippen LogP contribution in [0.1, 0.15) is 80.5 Å². The minimum absolute atomic E-state index is 0.0764. The molecule has 2 aromatic carbocycles. The van der Waals surface area contributed by atoms with Crippen LogP contribution in [0, 0.1) is 17.2 Å². The number of carbonyl (C=O) groups excluding carboxylic acids is 1. The Bertz CT molecular complexity index is 855. The third kappa shape index (κ3) is 5.48. The average Bonchev–Trinajstić information content (AvgIpc) is 2.78. The van der Waals surface area contributed by atoms with Gasteiger partial charge >= 0.3 is 5.97 Å². The highest BCUT2D eigenvalue weighted by Gasteiger charge is 2.29. The summed E-state index contributed by atoms with van der Waals surface area (Å²) in [4.78, 5) is 12.7. The summed E-state index contributed by atoms with van der Waals surface area (Å²) in [5.41, 5.74) is 4.32. The molecular weight excluding hydrogens is 358 g/mol. The van der Waals surface area contributed by atoms with Gasteiger partial charge < -0.3 is 4.74 Å². The van der Waals surface area contributed by atoms with E-state index in [2.05, 4.69) is 44.2 Å². The number of nitriles is 1. The Morgan fingerprint density at radius 2 is 1.72 bits per heavy atom. The van der Waals surface area contributed by atoms with Gasteiger partial charge in [0, 0.05) is 0 Å². The maximum atomic E-state index is 12.7. The first kappa shape index (κ1) is 21.1. The normalized spacial score (nSPS) is 18.8. The van der Waals surface area contributed by atoms with Gasteiger partial charge in [-0.25, -0.2) is 0 Å². The molecule has 1 saturated carbocycles. The number of ether oxygens (including phenoxy) is 1. The summed E-state index contributed by atoms with van der Waals surface area (Å²) in [6, 6.07) is 16.7. The van der Waals surface area contributed by atoms with Crippen LogP contribution >= 0.6 is 0 Å². The predicted molar refractivity (Wildman–Crippen MR) is 116 cm³/mol. The Morgan fingerprint density at radius 3 is 2.34 bits per heavy atom. The van der Waals surface area contributed by atoms with Gasteiger partial charge in [0.15, 0.2) is 0 Å². The van der Waals surface area contributed by atoms with E-state index in [1.807, 2.05) is 12.1 Å². The van der Waals surface area contributed by atoms with Crippen LogP contribution in [0.25, 0.3) is 0 Å². The molecule has 0 saturated heterocycles. The topological polar surface area (TPSA) is 50.1 Å². The molecule has 0 bridgehead atoms. The van der Waals surface area contributed by atoms with E-state index < -0.39 is 0 Å². The van der Waals surface area contributed by atoms with Crippen molar-refractivity contribution in [3.63, 3.8) is 0 Å². The summed E-state index contributed by atoms with van der Waals surface area (Å²) in [6.07, 6.45) is 7.91. The highest BCUT2D eigenvalue weighted by Crippen LogP contribution is 2.36. The van der Waals surface area contributed by atoms with Gasteiger partial charge in [0.05, 0.1) is 11.5 Å². The minimum atomic E-state index is -0.192. The zero-order valence-electron chi connectivity index (χ0n) is 17.6. The second kappa shape index (κ2) is 10.3. The van der Waals surface area contributed by atoms with Crippen molar-refractivity contribution in [2.75, 3.05) is 0 Å². The Balaban J connectivity index is 1.57. The van der Waals surface area contributed by atoms with Crippen molar-refractivity contribution in [1.29, 1.82) is 5.26 Å². The van der Waals surface area contributed by atoms with Crippen LogP contribution in [-0.4, -0.2) is 5.97 Å². The van der Waals surface area contributed by atoms with Crippen molar-refractivity contribution >= 4 is 5.97 Å². The molecular formula is C26H31NO2. The second-order valence-corrected chi connectivity index (χ2v) is 8.11. The lowest BCUT2D eigenvalue weighted by atomic mass is 9.78. The van der Waals surface area contributed by atoms with Crippen LogP contribution in [0.4, 0.5) is 0 Å². The highest BCUT2D eigenvalue weighted by molar-refractivity contribution is 5.76. The number of unbranched alkanes of at least 4 members (excludes halogenated alkanes) is 1. The molecule has 0 aromatic heterocycles. The number of carbonyl (C=O) groups is 1. The molecule has 1 aliphatic carbocycles. The molecule has 1 fully saturated rings. The molecule has 152 valence electrons. The first-order valence-corrected chi connectivity index (χ1v) is 11.0. The molecule has 1 aliphatic rings. The Morgan fingerprint density at radius 1 is 1.03 bits per heavy atom. The molecule has 0 atom stereocenters. The Hall–Kier alpha value is -2.60. The lowest BCUT2D eigenvalue weighted by Crippen LogP contribution is -2.25. The monoisotopic (exact) mass is 389 g/mol. The van der Waals surface area contributed by atoms with Crippen LogP contribution in [-0.2, 0) is 17.6 Å². The van der Waals surface area contributed by atoms with E-state index in [0.717, 1.165) is 56.9 Å². The fourth-order valence-electron chi connectivity index (χ4n) is 4.17. The van der Waals surface area contributed by atoms with E-state index in [-0.39, 0.29) is 11.9 Å². The third-order valence-corrected chi connectivity index (χ3v) is 6.11. The predicted octanol–water partition coefficient (Wildman–Crippen LogP) is 6.34. The van der Waals surface area contributed by atoms with Gasteiger partial charge in [0.2, 0.25) is 0 Å². The van der Waals surface area contributed by atoms with Gasteiger partial charge in [-0.1, -0.05) is 50.6 Å². The van der Waals surface area contributed by atoms with E-state index in [1.54, 1.807) is 6.07 Å². The number of benzene rings is 2. The fourth-order valence-corrected chi connectivity index (χ4v) is 4.17. The third-order valence-electron chi connectivity index (χ3n) is 6.11. The van der Waals surface area contributed by atoms with E-state index in [4.69, 9.17) is 4.74 Å². The summed E-state index contributed by atoms with van der Waals surface area (Å²) in [6.45, 7) is 4.32. The van der Waals surface area contributed by atoms with Crippen LogP contribution in [0.15, 0.2) is 42.5 Å². The molecule has 2 aromatic rings. The molecule has 0 radical (unpaired) electrons. The molecule has 3 nitrogen and oxygen atoms in total. The minimum Gasteiger partial charge on any atom is -0.425 e. The number of hydrogen-bond acceptors (Lipinski definition) is 3. The van der Waals surface area contributed by atoms with Crippen molar-refractivity contribution < 1.29 is 9.53 Å². The average molecular weight is 390 g/mol. The maximum absolute atomic E-state index is 12.7. The summed E-state index contributed by atoms with van der Waals surface area (Å²) in [5, 5.41) is 9.45. The van der Waals surface area contributed by atoms with E-state index in [0.29, 0.717) is 17.2 Å². The smallest absolute Gasteiger partial charge is 0.314 e. The molecule has 0 N–H and O–H groups in total. The number of aryl methyl sites for hydroxylation is 2. The van der Waals surface area contributed by atoms with Gasteiger partial charge in [-0.3, -0.25) is 4.79 Å². The van der Waals surface area contributed by atoms with Crippen molar-refractivity contribution in [2.45, 2.75) is 71.1 Å². The van der Waals surface area contributed by atoms with Crippen molar-refractivity contribution in [1.82, 2.24) is 0 Å². The van der Waals surface area contributed by atoms with Crippen LogP contribution in [0.2, 0.25) is 0 Å². The van der Waals surface area contributed by atoms with Crippen LogP contribution < -0.4 is 4.74 Å². The zero-order valence-corrected chi connectivity index (χ0v) is 17.6. The summed E-state index contributed by atoms with van der Waals surface area (Å²) in [7, 11) is 0. The molecule has 29 heavy (non-hydrogen) atoms. The van der Waals surface area contributed by atoms with E-state index >= 15 is 0 Å². The van der Waals surface area contributed by atoms with Gasteiger partial charge in [0.1, 0.15) is 11.8 Å². The molecule has 0 aliphatic heterocycles. The van der Waals surface area contributed by atoms with Crippen LogP contribution in [0.5, 0.6) is 5.75 Å². The van der Waals surface area contributed by atoms with E-state index in [9.17, 15) is 10.1 Å². The van der Waals surface area contributed by atoms with Crippen molar-refractivity contribution in [3.05, 3.63) is 64.7 Å². The second-order valence-electron chi connectivity index (χ2n) is 8.11. The standard InChI is InChI=1S/C26H31NO2/c1-3-5-6-20-9-16-25(24(17-20)18-27)29-26(28)23-14-12-22(13-15-23)21-10-7-19(4-2)8-11-21/h7-11,16-17,22-23H,3-6,12-15H2,1-2H3. The molecule has 0 unspecified atom stereocenters. The van der Waals surface area contributed by atoms with Crippen molar-refractivity contribution in [3.8, 4) is 11.8 Å². The molecule has 3 rings (SSSR count). The van der Waals surface area contributed by atoms with Gasteiger partial charge in [0.25, 0.3) is 0 Å². The SMILES string of the molecule is CCCCc1ccc(OC(=O)C2CCC(c3ccc(CC)cc3)CC2)c(C#N)c1. The zero-order chi connectivity index (χ0) is 20.6. The number of hydrogen-bond donors (Lipinski definition) is 0. The first-order valence-electron chi connectivity index (χ1n) is 11.0. The lowest BCUT2D eigenvalue weighted by molar-refractivity contribution is -0.140. The molecule has 0 heterocycles. The number of rotatable bonds is 7. The highest BCUT2D eigenvalue weighted by atomic mass is 16.5. The summed E-state index contributed by atoms with van der Waals surface area (Å²) < 4.78 is 5.65. The quantitative estimate of drug-likeness (QED) is 0.410.